The third-order valence-corrected chi connectivity index (χ3v) is 14.1. The van der Waals surface area contributed by atoms with Gasteiger partial charge in [0.05, 0.1) is 28.1 Å². The van der Waals surface area contributed by atoms with E-state index in [4.69, 9.17) is 4.74 Å². The van der Waals surface area contributed by atoms with Crippen LogP contribution in [-0.4, -0.2) is 71.0 Å². The molecule has 2 aliphatic carbocycles. The van der Waals surface area contributed by atoms with Crippen molar-refractivity contribution in [2.45, 2.75) is 106 Å². The minimum atomic E-state index is -5.13. The van der Waals surface area contributed by atoms with Crippen LogP contribution in [0.4, 0.5) is 32.0 Å². The second kappa shape index (κ2) is 15.5. The van der Waals surface area contributed by atoms with E-state index in [1.54, 1.807) is 11.5 Å². The molecule has 19 heteroatoms. The van der Waals surface area contributed by atoms with Crippen LogP contribution in [0.3, 0.4) is 0 Å². The molecule has 1 aromatic heterocycles. The highest BCUT2D eigenvalue weighted by atomic mass is 32.2. The Labute approximate surface area is 334 Å². The van der Waals surface area contributed by atoms with Crippen LogP contribution in [0.25, 0.3) is 11.3 Å². The lowest BCUT2D eigenvalue weighted by Crippen LogP contribution is -2.58. The van der Waals surface area contributed by atoms with E-state index >= 15 is 0 Å². The van der Waals surface area contributed by atoms with Crippen LogP contribution in [0.15, 0.2) is 66.1 Å². The van der Waals surface area contributed by atoms with E-state index in [1.165, 1.54) is 18.3 Å². The Morgan fingerprint density at radius 2 is 1.69 bits per heavy atom. The lowest BCUT2D eigenvalue weighted by molar-refractivity contribution is -0.143. The number of fused-ring (bicyclic) bond motifs is 2. The fourth-order valence-corrected chi connectivity index (χ4v) is 9.44. The molecule has 3 fully saturated rings. The Morgan fingerprint density at radius 3 is 2.34 bits per heavy atom. The molecule has 312 valence electrons. The molecule has 58 heavy (non-hydrogen) atoms. The molecule has 3 aromatic rings. The molecule has 11 nitrogen and oxygen atoms in total. The van der Waals surface area contributed by atoms with Gasteiger partial charge in [-0.25, -0.2) is 13.4 Å². The van der Waals surface area contributed by atoms with Crippen LogP contribution < -0.4 is 20.1 Å². The van der Waals surface area contributed by atoms with E-state index in [1.807, 2.05) is 36.4 Å². The largest absolute Gasteiger partial charge is 0.465 e. The summed E-state index contributed by atoms with van der Waals surface area (Å²) in [5, 5.41) is 7.36. The number of benzene rings is 2. The predicted molar refractivity (Wildman–Crippen MR) is 202 cm³/mol. The first-order valence-corrected chi connectivity index (χ1v) is 21.2. The molecule has 0 radical (unpaired) electrons. The number of anilines is 1. The van der Waals surface area contributed by atoms with Crippen LogP contribution in [-0.2, 0) is 36.8 Å². The number of carbonyl (C=O) groups is 3. The highest BCUT2D eigenvalue weighted by Gasteiger charge is 2.63. The topological polar surface area (TPSA) is 147 Å². The second-order valence-electron chi connectivity index (χ2n) is 15.6. The van der Waals surface area contributed by atoms with Gasteiger partial charge in [-0.05, 0) is 63.6 Å². The summed E-state index contributed by atoms with van der Waals surface area (Å²) < 4.78 is 116. The van der Waals surface area contributed by atoms with Crippen molar-refractivity contribution < 1.29 is 53.9 Å². The Morgan fingerprint density at radius 1 is 1.00 bits per heavy atom. The summed E-state index contributed by atoms with van der Waals surface area (Å²) in [6.07, 6.45) is -4.90. The average molecular weight is 854 g/mol. The van der Waals surface area contributed by atoms with Gasteiger partial charge in [0.1, 0.15) is 23.7 Å². The molecule has 0 unspecified atom stereocenters. The summed E-state index contributed by atoms with van der Waals surface area (Å²) in [6.45, 7) is 1.29. The highest BCUT2D eigenvalue weighted by molar-refractivity contribution is 7.91. The van der Waals surface area contributed by atoms with Gasteiger partial charge in [0.2, 0.25) is 21.8 Å². The van der Waals surface area contributed by atoms with Crippen LogP contribution in [0, 0.1) is 5.92 Å². The number of thiazole rings is 1. The molecule has 2 aliphatic heterocycles. The summed E-state index contributed by atoms with van der Waals surface area (Å²) in [5.41, 5.74) is -3.95. The molecule has 3 amide bonds. The first-order chi connectivity index (χ1) is 27.3. The summed E-state index contributed by atoms with van der Waals surface area (Å²) in [7, 11) is -4.09. The van der Waals surface area contributed by atoms with Gasteiger partial charge in [-0.2, -0.15) is 26.3 Å². The molecule has 4 aliphatic rings. The first-order valence-electron chi connectivity index (χ1n) is 18.9. The number of amides is 3. The Hall–Kier alpha value is -4.65. The molecular formula is C39H41F6N5O6S2. The normalized spacial score (nSPS) is 26.9. The fraction of sp³-hybridized carbons (Fsp3) is 0.487. The Balaban J connectivity index is 1.21. The third kappa shape index (κ3) is 8.84. The van der Waals surface area contributed by atoms with E-state index < -0.39 is 91.3 Å². The Bertz CT molecular complexity index is 2160. The third-order valence-electron chi connectivity index (χ3n) is 11.2. The van der Waals surface area contributed by atoms with Gasteiger partial charge < -0.3 is 20.3 Å². The first kappa shape index (κ1) is 41.5. The van der Waals surface area contributed by atoms with Crippen molar-refractivity contribution in [2.75, 3.05) is 11.9 Å². The van der Waals surface area contributed by atoms with Gasteiger partial charge in [0.15, 0.2) is 0 Å². The fourth-order valence-electron chi connectivity index (χ4n) is 7.38. The lowest BCUT2D eigenvalue weighted by atomic mass is 10.0. The van der Waals surface area contributed by atoms with Gasteiger partial charge in [0.25, 0.3) is 11.1 Å². The van der Waals surface area contributed by atoms with Gasteiger partial charge in [-0.3, -0.25) is 19.1 Å². The summed E-state index contributed by atoms with van der Waals surface area (Å²) >= 11 is 1.17. The number of sulfonamides is 1. The smallest absolute Gasteiger partial charge is 0.416 e. The number of alkyl halides is 6. The van der Waals surface area contributed by atoms with Crippen LogP contribution in [0.1, 0.15) is 75.8 Å². The summed E-state index contributed by atoms with van der Waals surface area (Å²) in [4.78, 5) is 48.4. The molecule has 5 atom stereocenters. The van der Waals surface area contributed by atoms with Crippen molar-refractivity contribution in [3.8, 4) is 16.5 Å². The van der Waals surface area contributed by atoms with E-state index in [9.17, 15) is 49.1 Å². The zero-order valence-electron chi connectivity index (χ0n) is 31.2. The number of ether oxygens (including phenoxy) is 1. The number of hydrogen-bond donors (Lipinski definition) is 3. The molecule has 0 bridgehead atoms. The highest BCUT2D eigenvalue weighted by Crippen LogP contribution is 2.48. The lowest BCUT2D eigenvalue weighted by Gasteiger charge is -2.30. The second-order valence-corrected chi connectivity index (χ2v) is 18.6. The van der Waals surface area contributed by atoms with Crippen LogP contribution in [0.5, 0.6) is 5.19 Å². The number of aromatic nitrogens is 1. The minimum Gasteiger partial charge on any atom is -0.465 e. The van der Waals surface area contributed by atoms with E-state index in [0.717, 1.165) is 10.5 Å². The quantitative estimate of drug-likeness (QED) is 0.161. The van der Waals surface area contributed by atoms with Crippen LogP contribution in [0.2, 0.25) is 0 Å². The van der Waals surface area contributed by atoms with Gasteiger partial charge in [-0.1, -0.05) is 66.7 Å². The molecule has 7 rings (SSSR count). The molecule has 3 N–H and O–H groups in total. The monoisotopic (exact) mass is 853 g/mol. The average Bonchev–Trinajstić information content (AvgIpc) is 3.95. The molecule has 3 heterocycles. The van der Waals surface area contributed by atoms with E-state index in [-0.39, 0.29) is 37.1 Å². The number of allylic oxidation sites excluding steroid dienone is 1. The van der Waals surface area contributed by atoms with Crippen molar-refractivity contribution in [3.05, 3.63) is 77.2 Å². The molecule has 2 aromatic carbocycles. The maximum Gasteiger partial charge on any atom is 0.416 e. The number of carbonyl (C=O) groups excluding carboxylic acids is 3. The standard InChI is InChI=1S/C39H41F6N5O6S2/c1-36(14-15-36)58(54,55)49-34(53)37-20-24(37)12-8-3-2-4-9-13-29(46-27-17-25(38(40,41)42)16-26(18-27)39(43,44)45)33(52)50-21-28(19-31(50)32(51)48-37)56-35-47-30(22-57-35)23-10-6-5-7-11-23/h5-8,10-12,16-18,22,24,28-29,31,46H,2-4,9,13-15,19-21H2,1H3,(H,48,51)(H,49,53)/b12-8-/t24-,28-,29+,31+,37-/m1/s1. The summed E-state index contributed by atoms with van der Waals surface area (Å²) in [6, 6.07) is 7.52. The molecule has 0 spiro atoms. The molecular weight excluding hydrogens is 813 g/mol. The Kier molecular flexibility index (Phi) is 11.1. The number of halogens is 6. The van der Waals surface area contributed by atoms with Gasteiger partial charge in [0, 0.05) is 29.0 Å². The zero-order chi connectivity index (χ0) is 41.7. The predicted octanol–water partition coefficient (Wildman–Crippen LogP) is 7.07. The van der Waals surface area contributed by atoms with Crippen molar-refractivity contribution in [1.29, 1.82) is 0 Å². The number of nitrogens with zero attached hydrogens (tertiary/aromatic N) is 2. The zero-order valence-corrected chi connectivity index (χ0v) is 32.8. The SMILES string of the molecule is CC1(S(=O)(=O)NC(=O)[C@@]23C[C@H]2/C=C\CCCCC[C@H](Nc2cc(C(F)(F)F)cc(C(F)(F)F)c2)C(=O)N2C[C@H](Oc4nc(-c5ccccc5)cs4)C[C@H]2C(=O)N3)CC1. The van der Waals surface area contributed by atoms with Crippen molar-refractivity contribution in [2.24, 2.45) is 5.92 Å². The van der Waals surface area contributed by atoms with Gasteiger partial charge in [-0.15, -0.1) is 0 Å². The maximum atomic E-state index is 14.6. The molecule has 1 saturated heterocycles. The number of hydrogen-bond acceptors (Lipinski definition) is 9. The van der Waals surface area contributed by atoms with Crippen LogP contribution >= 0.6 is 11.3 Å². The van der Waals surface area contributed by atoms with Crippen molar-refractivity contribution in [3.63, 3.8) is 0 Å². The maximum absolute atomic E-state index is 14.6. The number of nitrogens with one attached hydrogen (secondary N) is 3. The van der Waals surface area contributed by atoms with Crippen molar-refractivity contribution >= 4 is 44.8 Å². The number of rotatable bonds is 8. The van der Waals surface area contributed by atoms with E-state index in [2.05, 4.69) is 20.3 Å². The molecule has 2 saturated carbocycles. The van der Waals surface area contributed by atoms with Crippen molar-refractivity contribution in [1.82, 2.24) is 19.9 Å². The van der Waals surface area contributed by atoms with Gasteiger partial charge >= 0.3 is 12.4 Å². The van der Waals surface area contributed by atoms with E-state index in [0.29, 0.717) is 56.4 Å². The summed E-state index contributed by atoms with van der Waals surface area (Å²) in [5.74, 6) is -3.08. The minimum absolute atomic E-state index is 0.00494.